The lowest BCUT2D eigenvalue weighted by Crippen LogP contribution is -2.22. The summed E-state index contributed by atoms with van der Waals surface area (Å²) in [5, 5.41) is 2.87. The van der Waals surface area contributed by atoms with Crippen LogP contribution in [0.5, 0.6) is 0 Å². The van der Waals surface area contributed by atoms with Crippen LogP contribution in [0.4, 0.5) is 4.39 Å². The molecule has 0 spiro atoms. The first-order chi connectivity index (χ1) is 9.70. The van der Waals surface area contributed by atoms with Crippen LogP contribution >= 0.6 is 0 Å². The molecule has 0 fully saturated rings. The van der Waals surface area contributed by atoms with Crippen LogP contribution in [0.25, 0.3) is 11.3 Å². The van der Waals surface area contributed by atoms with Gasteiger partial charge in [-0.3, -0.25) is 9.78 Å². The number of aromatic nitrogens is 1. The lowest BCUT2D eigenvalue weighted by molar-refractivity contribution is -0.121. The summed E-state index contributed by atoms with van der Waals surface area (Å²) in [6.45, 7) is 2.40. The van der Waals surface area contributed by atoms with Crippen molar-refractivity contribution >= 4 is 5.91 Å². The zero-order chi connectivity index (χ0) is 14.4. The highest BCUT2D eigenvalue weighted by atomic mass is 19.1. The Bertz CT molecular complexity index is 581. The van der Waals surface area contributed by atoms with Crippen molar-refractivity contribution in [2.24, 2.45) is 0 Å². The normalized spacial score (nSPS) is 10.3. The largest absolute Gasteiger partial charge is 0.352 e. The summed E-state index contributed by atoms with van der Waals surface area (Å²) in [5.74, 6) is -0.246. The van der Waals surface area contributed by atoms with Crippen LogP contribution in [-0.4, -0.2) is 10.9 Å². The molecule has 1 heterocycles. The van der Waals surface area contributed by atoms with E-state index in [1.165, 1.54) is 12.1 Å². The molecule has 0 unspecified atom stereocenters. The summed E-state index contributed by atoms with van der Waals surface area (Å²) >= 11 is 0. The molecule has 0 aliphatic rings. The second kappa shape index (κ2) is 6.80. The van der Waals surface area contributed by atoms with Crippen molar-refractivity contribution in [3.63, 3.8) is 0 Å². The molecule has 0 radical (unpaired) electrons. The van der Waals surface area contributed by atoms with Gasteiger partial charge in [0.2, 0.25) is 5.91 Å². The van der Waals surface area contributed by atoms with E-state index < -0.39 is 0 Å². The van der Waals surface area contributed by atoms with E-state index >= 15 is 0 Å². The fourth-order valence-electron chi connectivity index (χ4n) is 1.96. The van der Waals surface area contributed by atoms with Crippen LogP contribution in [0.3, 0.4) is 0 Å². The Balaban J connectivity index is 2.18. The fraction of sp³-hybridized carbons (Fsp3) is 0.250. The van der Waals surface area contributed by atoms with E-state index in [1.807, 2.05) is 19.1 Å². The summed E-state index contributed by atoms with van der Waals surface area (Å²) in [4.78, 5) is 15.9. The van der Waals surface area contributed by atoms with E-state index in [2.05, 4.69) is 10.3 Å². The zero-order valence-electron chi connectivity index (χ0n) is 11.4. The Morgan fingerprint density at radius 2 is 2.00 bits per heavy atom. The minimum Gasteiger partial charge on any atom is -0.352 e. The highest BCUT2D eigenvalue weighted by molar-refractivity contribution is 5.76. The summed E-state index contributed by atoms with van der Waals surface area (Å²) < 4.78 is 13.0. The number of carbonyl (C=O) groups is 1. The Kier molecular flexibility index (Phi) is 4.82. The third-order valence-electron chi connectivity index (χ3n) is 2.96. The highest BCUT2D eigenvalue weighted by Crippen LogP contribution is 2.21. The average Bonchev–Trinajstić information content (AvgIpc) is 2.47. The number of hydrogen-bond donors (Lipinski definition) is 1. The molecule has 4 heteroatoms. The van der Waals surface area contributed by atoms with Gasteiger partial charge in [-0.1, -0.05) is 13.0 Å². The molecule has 1 aromatic carbocycles. The molecule has 0 bridgehead atoms. The maximum atomic E-state index is 13.0. The minimum atomic E-state index is -0.275. The molecule has 0 aliphatic heterocycles. The molecule has 2 aromatic rings. The molecule has 1 amide bonds. The number of halogens is 1. The first kappa shape index (κ1) is 14.2. The van der Waals surface area contributed by atoms with E-state index in [4.69, 9.17) is 0 Å². The molecule has 1 N–H and O–H groups in total. The van der Waals surface area contributed by atoms with Crippen molar-refractivity contribution in [2.75, 3.05) is 0 Å². The van der Waals surface area contributed by atoms with Gasteiger partial charge in [0.15, 0.2) is 0 Å². The maximum Gasteiger partial charge on any atom is 0.220 e. The Labute approximate surface area is 117 Å². The van der Waals surface area contributed by atoms with Gasteiger partial charge < -0.3 is 5.32 Å². The summed E-state index contributed by atoms with van der Waals surface area (Å²) in [6.07, 6.45) is 3.03. The number of hydrogen-bond acceptors (Lipinski definition) is 2. The first-order valence-corrected chi connectivity index (χ1v) is 6.67. The van der Waals surface area contributed by atoms with Crippen LogP contribution < -0.4 is 5.32 Å². The molecule has 2 rings (SSSR count). The summed E-state index contributed by atoms with van der Waals surface area (Å²) in [6, 6.07) is 9.93. The van der Waals surface area contributed by atoms with Crippen LogP contribution in [0.2, 0.25) is 0 Å². The van der Waals surface area contributed by atoms with Gasteiger partial charge in [0, 0.05) is 24.7 Å². The van der Waals surface area contributed by atoms with Crippen LogP contribution in [0, 0.1) is 5.82 Å². The van der Waals surface area contributed by atoms with E-state index in [1.54, 1.807) is 18.3 Å². The smallest absolute Gasteiger partial charge is 0.220 e. The van der Waals surface area contributed by atoms with Crippen molar-refractivity contribution < 1.29 is 9.18 Å². The lowest BCUT2D eigenvalue weighted by Gasteiger charge is -2.09. The molecular weight excluding hydrogens is 255 g/mol. The number of nitrogens with one attached hydrogen (secondary N) is 1. The molecular formula is C16H17FN2O. The third-order valence-corrected chi connectivity index (χ3v) is 2.96. The number of rotatable bonds is 5. The van der Waals surface area contributed by atoms with Crippen molar-refractivity contribution in [2.45, 2.75) is 26.3 Å². The Morgan fingerprint density at radius 3 is 2.70 bits per heavy atom. The fourth-order valence-corrected chi connectivity index (χ4v) is 1.96. The Hall–Kier alpha value is -2.23. The highest BCUT2D eigenvalue weighted by Gasteiger charge is 2.07. The standard InChI is InChI=1S/C16H17FN2O/c1-2-4-15(20)19-11-13-5-3-10-18-16(13)12-6-8-14(17)9-7-12/h3,5-10H,2,4,11H2,1H3,(H,19,20). The number of amides is 1. The third kappa shape index (κ3) is 3.63. The van der Waals surface area contributed by atoms with Gasteiger partial charge in [-0.15, -0.1) is 0 Å². The number of carbonyl (C=O) groups excluding carboxylic acids is 1. The number of nitrogens with zero attached hydrogens (tertiary/aromatic N) is 1. The van der Waals surface area contributed by atoms with Gasteiger partial charge >= 0.3 is 0 Å². The lowest BCUT2D eigenvalue weighted by atomic mass is 10.1. The van der Waals surface area contributed by atoms with Crippen LogP contribution in [0.1, 0.15) is 25.3 Å². The second-order valence-electron chi connectivity index (χ2n) is 4.54. The van der Waals surface area contributed by atoms with Crippen molar-refractivity contribution in [1.29, 1.82) is 0 Å². The molecule has 1 aromatic heterocycles. The zero-order valence-corrected chi connectivity index (χ0v) is 11.4. The molecule has 0 saturated carbocycles. The van der Waals surface area contributed by atoms with E-state index in [9.17, 15) is 9.18 Å². The van der Waals surface area contributed by atoms with Gasteiger partial charge in [0.05, 0.1) is 5.69 Å². The quantitative estimate of drug-likeness (QED) is 0.907. The minimum absolute atomic E-state index is 0.0291. The maximum absolute atomic E-state index is 13.0. The SMILES string of the molecule is CCCC(=O)NCc1cccnc1-c1ccc(F)cc1. The molecule has 0 saturated heterocycles. The van der Waals surface area contributed by atoms with Crippen molar-refractivity contribution in [3.05, 3.63) is 54.0 Å². The molecule has 104 valence electrons. The molecule has 3 nitrogen and oxygen atoms in total. The number of pyridine rings is 1. The first-order valence-electron chi connectivity index (χ1n) is 6.67. The Morgan fingerprint density at radius 1 is 1.25 bits per heavy atom. The average molecular weight is 272 g/mol. The van der Waals surface area contributed by atoms with Crippen LogP contribution in [0.15, 0.2) is 42.6 Å². The predicted octanol–water partition coefficient (Wildman–Crippen LogP) is 3.30. The molecule has 20 heavy (non-hydrogen) atoms. The number of benzene rings is 1. The van der Waals surface area contributed by atoms with E-state index in [0.717, 1.165) is 23.2 Å². The van der Waals surface area contributed by atoms with Crippen molar-refractivity contribution in [1.82, 2.24) is 10.3 Å². The monoisotopic (exact) mass is 272 g/mol. The summed E-state index contributed by atoms with van der Waals surface area (Å²) in [7, 11) is 0. The van der Waals surface area contributed by atoms with E-state index in [0.29, 0.717) is 13.0 Å². The molecule has 0 atom stereocenters. The second-order valence-corrected chi connectivity index (χ2v) is 4.54. The van der Waals surface area contributed by atoms with Gasteiger partial charge in [0.1, 0.15) is 5.82 Å². The van der Waals surface area contributed by atoms with E-state index in [-0.39, 0.29) is 11.7 Å². The van der Waals surface area contributed by atoms with Gasteiger partial charge in [0.25, 0.3) is 0 Å². The van der Waals surface area contributed by atoms with Crippen molar-refractivity contribution in [3.8, 4) is 11.3 Å². The van der Waals surface area contributed by atoms with Gasteiger partial charge in [-0.05, 0) is 42.3 Å². The van der Waals surface area contributed by atoms with Gasteiger partial charge in [-0.2, -0.15) is 0 Å². The topological polar surface area (TPSA) is 42.0 Å². The molecule has 0 aliphatic carbocycles. The van der Waals surface area contributed by atoms with Crippen LogP contribution in [-0.2, 0) is 11.3 Å². The summed E-state index contributed by atoms with van der Waals surface area (Å²) in [5.41, 5.74) is 2.53. The predicted molar refractivity (Wildman–Crippen MR) is 76.4 cm³/mol. The van der Waals surface area contributed by atoms with Gasteiger partial charge in [-0.25, -0.2) is 4.39 Å².